The number of nitrogens with two attached hydrogens (primary N) is 1. The van der Waals surface area contributed by atoms with Gasteiger partial charge >= 0.3 is 0 Å². The molecular formula is C26H50ClN3. The summed E-state index contributed by atoms with van der Waals surface area (Å²) >= 11 is 0. The molecule has 2 saturated carbocycles. The van der Waals surface area contributed by atoms with Gasteiger partial charge in [-0.1, -0.05) is 54.4 Å². The molecule has 0 bridgehead atoms. The Hall–Kier alpha value is -0.370. The van der Waals surface area contributed by atoms with Gasteiger partial charge < -0.3 is 5.73 Å². The second kappa shape index (κ2) is 12.6. The summed E-state index contributed by atoms with van der Waals surface area (Å²) in [6.07, 6.45) is 9.00. The topological polar surface area (TPSA) is 50.7 Å². The Morgan fingerprint density at radius 2 is 1.33 bits per heavy atom. The first kappa shape index (κ1) is 27.7. The Kier molecular flexibility index (Phi) is 11.6. The van der Waals surface area contributed by atoms with Gasteiger partial charge in [-0.25, -0.2) is 9.98 Å². The first-order valence-electron chi connectivity index (χ1n) is 12.6. The third-order valence-corrected chi connectivity index (χ3v) is 8.38. The lowest BCUT2D eigenvalue weighted by Gasteiger charge is -2.55. The molecule has 6 atom stereocenters. The summed E-state index contributed by atoms with van der Waals surface area (Å²) in [5.41, 5.74) is 7.50. The van der Waals surface area contributed by atoms with Gasteiger partial charge in [0.1, 0.15) is 0 Å². The summed E-state index contributed by atoms with van der Waals surface area (Å²) in [6.45, 7) is 18.1. The molecule has 30 heavy (non-hydrogen) atoms. The molecule has 2 rings (SSSR count). The van der Waals surface area contributed by atoms with Gasteiger partial charge in [-0.05, 0) is 86.4 Å². The van der Waals surface area contributed by atoms with E-state index < -0.39 is 0 Å². The van der Waals surface area contributed by atoms with Crippen molar-refractivity contribution in [3.8, 4) is 0 Å². The van der Waals surface area contributed by atoms with Gasteiger partial charge in [-0.15, -0.1) is 12.4 Å². The van der Waals surface area contributed by atoms with Gasteiger partial charge in [0.2, 0.25) is 0 Å². The van der Waals surface area contributed by atoms with Crippen LogP contribution < -0.4 is 5.73 Å². The van der Waals surface area contributed by atoms with Crippen LogP contribution in [-0.2, 0) is 0 Å². The third-order valence-electron chi connectivity index (χ3n) is 8.38. The molecule has 3 nitrogen and oxygen atoms in total. The van der Waals surface area contributed by atoms with E-state index in [0.717, 1.165) is 43.2 Å². The van der Waals surface area contributed by atoms with Gasteiger partial charge in [0.15, 0.2) is 0 Å². The SMILES string of the molecule is CCN=C=NCCC(N)(C1CC(C)CCC1C(C)C)C1CC(C)CCC1C(C)C.Cl. The van der Waals surface area contributed by atoms with Crippen LogP contribution in [0, 0.1) is 47.3 Å². The molecule has 6 unspecified atom stereocenters. The van der Waals surface area contributed by atoms with E-state index in [9.17, 15) is 0 Å². The summed E-state index contributed by atoms with van der Waals surface area (Å²) < 4.78 is 0. The van der Waals surface area contributed by atoms with Crippen molar-refractivity contribution >= 4 is 18.4 Å². The molecule has 0 spiro atoms. The van der Waals surface area contributed by atoms with Crippen LogP contribution in [0.5, 0.6) is 0 Å². The minimum Gasteiger partial charge on any atom is -0.325 e. The Labute approximate surface area is 193 Å². The standard InChI is InChI=1S/C26H49N3.ClH/c1-8-28-17-29-14-13-26(27,24-15-20(6)9-11-22(24)18(2)3)25-16-21(7)10-12-23(25)19(4)5;/h18-25H,8-16,27H2,1-7H3;1H. The fourth-order valence-corrected chi connectivity index (χ4v) is 6.71. The summed E-state index contributed by atoms with van der Waals surface area (Å²) in [5, 5.41) is 0. The van der Waals surface area contributed by atoms with Gasteiger partial charge in [0, 0.05) is 12.1 Å². The summed E-state index contributed by atoms with van der Waals surface area (Å²) in [7, 11) is 0. The molecule has 4 heteroatoms. The smallest absolute Gasteiger partial charge is 0.0892 e. The van der Waals surface area contributed by atoms with Crippen molar-refractivity contribution in [1.29, 1.82) is 0 Å². The van der Waals surface area contributed by atoms with E-state index in [1.165, 1.54) is 38.5 Å². The van der Waals surface area contributed by atoms with Crippen LogP contribution >= 0.6 is 12.4 Å². The molecular weight excluding hydrogens is 390 g/mol. The average molecular weight is 440 g/mol. The van der Waals surface area contributed by atoms with E-state index in [2.05, 4.69) is 57.5 Å². The van der Waals surface area contributed by atoms with Crippen LogP contribution in [0.1, 0.15) is 93.4 Å². The van der Waals surface area contributed by atoms with Crippen molar-refractivity contribution in [1.82, 2.24) is 0 Å². The zero-order valence-electron chi connectivity index (χ0n) is 20.9. The molecule has 2 aliphatic carbocycles. The first-order valence-corrected chi connectivity index (χ1v) is 12.6. The maximum Gasteiger partial charge on any atom is 0.0892 e. The number of hydrogen-bond donors (Lipinski definition) is 1. The maximum absolute atomic E-state index is 7.62. The lowest BCUT2D eigenvalue weighted by atomic mass is 9.53. The zero-order chi connectivity index (χ0) is 21.6. The van der Waals surface area contributed by atoms with E-state index in [1.807, 2.05) is 6.92 Å². The number of aliphatic imine (C=N–C) groups is 2. The number of rotatable bonds is 8. The van der Waals surface area contributed by atoms with Gasteiger partial charge in [0.25, 0.3) is 0 Å². The molecule has 0 saturated heterocycles. The van der Waals surface area contributed by atoms with Gasteiger partial charge in [-0.3, -0.25) is 0 Å². The van der Waals surface area contributed by atoms with Gasteiger partial charge in [0.05, 0.1) is 12.6 Å². The minimum atomic E-state index is -0.120. The van der Waals surface area contributed by atoms with E-state index in [1.54, 1.807) is 0 Å². The van der Waals surface area contributed by atoms with Crippen molar-refractivity contribution in [2.75, 3.05) is 13.1 Å². The molecule has 0 aliphatic heterocycles. The summed E-state index contributed by atoms with van der Waals surface area (Å²) in [4.78, 5) is 8.69. The van der Waals surface area contributed by atoms with Crippen LogP contribution in [0.4, 0.5) is 0 Å². The highest BCUT2D eigenvalue weighted by atomic mass is 35.5. The van der Waals surface area contributed by atoms with Crippen LogP contribution in [-0.4, -0.2) is 24.6 Å². The van der Waals surface area contributed by atoms with Gasteiger partial charge in [-0.2, -0.15) is 0 Å². The van der Waals surface area contributed by atoms with Crippen LogP contribution in [0.15, 0.2) is 9.98 Å². The maximum atomic E-state index is 7.62. The highest BCUT2D eigenvalue weighted by Crippen LogP contribution is 2.52. The lowest BCUT2D eigenvalue weighted by Crippen LogP contribution is -2.61. The highest BCUT2D eigenvalue weighted by molar-refractivity contribution is 5.85. The molecule has 2 fully saturated rings. The summed E-state index contributed by atoms with van der Waals surface area (Å²) in [5.74, 6) is 5.72. The van der Waals surface area contributed by atoms with Crippen molar-refractivity contribution in [3.05, 3.63) is 0 Å². The summed E-state index contributed by atoms with van der Waals surface area (Å²) in [6, 6.07) is 2.89. The van der Waals surface area contributed by atoms with Crippen LogP contribution in [0.2, 0.25) is 0 Å². The number of nitrogens with zero attached hydrogens (tertiary/aromatic N) is 2. The average Bonchev–Trinajstić information content (AvgIpc) is 2.67. The second-order valence-corrected chi connectivity index (χ2v) is 11.2. The molecule has 2 aliphatic rings. The molecule has 0 heterocycles. The second-order valence-electron chi connectivity index (χ2n) is 11.2. The van der Waals surface area contributed by atoms with E-state index in [4.69, 9.17) is 5.73 Å². The largest absolute Gasteiger partial charge is 0.325 e. The van der Waals surface area contributed by atoms with E-state index >= 15 is 0 Å². The molecule has 0 aromatic rings. The van der Waals surface area contributed by atoms with E-state index in [0.29, 0.717) is 23.7 Å². The molecule has 0 aromatic heterocycles. The monoisotopic (exact) mass is 439 g/mol. The zero-order valence-corrected chi connectivity index (χ0v) is 21.7. The highest BCUT2D eigenvalue weighted by Gasteiger charge is 2.51. The molecule has 2 N–H and O–H groups in total. The van der Waals surface area contributed by atoms with Crippen molar-refractivity contribution < 1.29 is 0 Å². The molecule has 0 aromatic carbocycles. The molecule has 0 amide bonds. The normalized spacial score (nSPS) is 34.1. The predicted octanol–water partition coefficient (Wildman–Crippen LogP) is 7.11. The Balaban J connectivity index is 0.00000450. The Morgan fingerprint density at radius 3 is 1.73 bits per heavy atom. The van der Waals surface area contributed by atoms with Crippen molar-refractivity contribution in [3.63, 3.8) is 0 Å². The third kappa shape index (κ3) is 6.81. The number of hydrogen-bond acceptors (Lipinski definition) is 3. The Bertz CT molecular complexity index is 520. The van der Waals surface area contributed by atoms with Crippen molar-refractivity contribution in [2.45, 2.75) is 99.0 Å². The van der Waals surface area contributed by atoms with Crippen LogP contribution in [0.3, 0.4) is 0 Å². The lowest BCUT2D eigenvalue weighted by molar-refractivity contribution is -0.0184. The first-order chi connectivity index (χ1) is 13.7. The van der Waals surface area contributed by atoms with Crippen molar-refractivity contribution in [2.24, 2.45) is 63.1 Å². The molecule has 176 valence electrons. The van der Waals surface area contributed by atoms with E-state index in [-0.39, 0.29) is 17.9 Å². The molecule has 0 radical (unpaired) electrons. The van der Waals surface area contributed by atoms with Crippen LogP contribution in [0.25, 0.3) is 0 Å². The fourth-order valence-electron chi connectivity index (χ4n) is 6.71. The minimum absolute atomic E-state index is 0. The predicted molar refractivity (Wildman–Crippen MR) is 134 cm³/mol. The fraction of sp³-hybridized carbons (Fsp3) is 0.962. The Morgan fingerprint density at radius 1 is 0.867 bits per heavy atom. The quantitative estimate of drug-likeness (QED) is 0.402. The number of halogens is 1.